The molecular formula is C24H44O. The van der Waals surface area contributed by atoms with Crippen molar-refractivity contribution in [1.29, 1.82) is 0 Å². The molecule has 1 nitrogen and oxygen atoms in total. The standard InChI is InChI=1S/C23H40.CH4O/c1-16(2)15-18-9-11-20-19-10-8-17-7-5-6-13-22(17,3)21(19)12-14-23(18,20)4;1-2/h16-21H,5-15H2,1-4H3;2H,1H3. The largest absolute Gasteiger partial charge is 0.400 e. The fourth-order valence-electron chi connectivity index (χ4n) is 8.36. The number of hydrogen-bond donors (Lipinski definition) is 1. The summed E-state index contributed by atoms with van der Waals surface area (Å²) in [5.74, 6) is 6.24. The molecule has 0 radical (unpaired) electrons. The van der Waals surface area contributed by atoms with E-state index in [1.54, 1.807) is 51.4 Å². The lowest BCUT2D eigenvalue weighted by Crippen LogP contribution is -2.52. The highest BCUT2D eigenvalue weighted by molar-refractivity contribution is 5.08. The Bertz CT molecular complexity index is 443. The topological polar surface area (TPSA) is 20.2 Å². The monoisotopic (exact) mass is 348 g/mol. The van der Waals surface area contributed by atoms with Gasteiger partial charge in [-0.2, -0.15) is 0 Å². The minimum absolute atomic E-state index is 0.698. The predicted molar refractivity (Wildman–Crippen MR) is 107 cm³/mol. The third kappa shape index (κ3) is 3.21. The van der Waals surface area contributed by atoms with Gasteiger partial charge in [0.2, 0.25) is 0 Å². The Hall–Kier alpha value is -0.0400. The average molecular weight is 349 g/mol. The van der Waals surface area contributed by atoms with Gasteiger partial charge in [0.1, 0.15) is 0 Å². The van der Waals surface area contributed by atoms with Gasteiger partial charge in [-0.3, -0.25) is 0 Å². The zero-order chi connectivity index (χ0) is 18.2. The van der Waals surface area contributed by atoms with Crippen LogP contribution < -0.4 is 0 Å². The summed E-state index contributed by atoms with van der Waals surface area (Å²) >= 11 is 0. The highest BCUT2D eigenvalue weighted by Crippen LogP contribution is 2.67. The molecule has 1 heteroatoms. The summed E-state index contributed by atoms with van der Waals surface area (Å²) in [5, 5.41) is 7.00. The van der Waals surface area contributed by atoms with Crippen LogP contribution in [0.1, 0.15) is 98.3 Å². The SMILES string of the molecule is CC(C)CC1CCC2C3CCC4CCCCC4(C)C3CCC12C.CO. The zero-order valence-electron chi connectivity index (χ0n) is 17.7. The third-order valence-electron chi connectivity index (χ3n) is 9.54. The summed E-state index contributed by atoms with van der Waals surface area (Å²) in [6.45, 7) is 10.3. The number of aliphatic hydroxyl groups excluding tert-OH is 1. The molecule has 4 rings (SSSR count). The van der Waals surface area contributed by atoms with Crippen molar-refractivity contribution in [3.05, 3.63) is 0 Å². The van der Waals surface area contributed by atoms with Crippen LogP contribution in [0.5, 0.6) is 0 Å². The molecule has 4 aliphatic rings. The second-order valence-corrected chi connectivity index (χ2v) is 10.9. The Kier molecular flexibility index (Phi) is 5.94. The minimum Gasteiger partial charge on any atom is -0.400 e. The Morgan fingerprint density at radius 3 is 2.24 bits per heavy atom. The van der Waals surface area contributed by atoms with Crippen molar-refractivity contribution in [2.75, 3.05) is 7.11 Å². The molecule has 7 atom stereocenters. The van der Waals surface area contributed by atoms with Crippen LogP contribution in [0.4, 0.5) is 0 Å². The number of rotatable bonds is 2. The first-order valence-corrected chi connectivity index (χ1v) is 11.4. The molecule has 0 amide bonds. The molecule has 0 aliphatic heterocycles. The molecule has 1 N–H and O–H groups in total. The molecule has 25 heavy (non-hydrogen) atoms. The van der Waals surface area contributed by atoms with Crippen molar-refractivity contribution in [1.82, 2.24) is 0 Å². The van der Waals surface area contributed by atoms with Gasteiger partial charge in [0, 0.05) is 7.11 Å². The van der Waals surface area contributed by atoms with E-state index in [1.165, 1.54) is 19.3 Å². The van der Waals surface area contributed by atoms with Crippen LogP contribution in [-0.2, 0) is 0 Å². The van der Waals surface area contributed by atoms with Crippen LogP contribution in [-0.4, -0.2) is 12.2 Å². The van der Waals surface area contributed by atoms with Crippen molar-refractivity contribution < 1.29 is 5.11 Å². The Morgan fingerprint density at radius 1 is 0.800 bits per heavy atom. The van der Waals surface area contributed by atoms with Gasteiger partial charge in [-0.15, -0.1) is 0 Å². The first kappa shape index (κ1) is 19.7. The fourth-order valence-corrected chi connectivity index (χ4v) is 8.36. The van der Waals surface area contributed by atoms with E-state index in [-0.39, 0.29) is 0 Å². The van der Waals surface area contributed by atoms with Gasteiger partial charge in [0.05, 0.1) is 0 Å². The van der Waals surface area contributed by atoms with Gasteiger partial charge in [-0.1, -0.05) is 40.5 Å². The maximum Gasteiger partial charge on any atom is 0.0319 e. The summed E-state index contributed by atoms with van der Waals surface area (Å²) in [5.41, 5.74) is 1.42. The van der Waals surface area contributed by atoms with Crippen molar-refractivity contribution in [3.63, 3.8) is 0 Å². The van der Waals surface area contributed by atoms with Crippen LogP contribution >= 0.6 is 0 Å². The van der Waals surface area contributed by atoms with Crippen LogP contribution in [0.2, 0.25) is 0 Å². The van der Waals surface area contributed by atoms with Crippen molar-refractivity contribution >= 4 is 0 Å². The molecule has 0 aromatic carbocycles. The number of hydrogen-bond acceptors (Lipinski definition) is 1. The summed E-state index contributed by atoms with van der Waals surface area (Å²) in [7, 11) is 1.00. The molecular weight excluding hydrogens is 304 g/mol. The van der Waals surface area contributed by atoms with Crippen molar-refractivity contribution in [2.45, 2.75) is 98.3 Å². The van der Waals surface area contributed by atoms with Crippen LogP contribution in [0.3, 0.4) is 0 Å². The highest BCUT2D eigenvalue weighted by Gasteiger charge is 2.59. The summed E-state index contributed by atoms with van der Waals surface area (Å²) in [6.07, 6.45) is 17.0. The molecule has 0 aromatic heterocycles. The number of fused-ring (bicyclic) bond motifs is 5. The molecule has 0 heterocycles. The minimum atomic E-state index is 0.698. The summed E-state index contributed by atoms with van der Waals surface area (Å²) in [4.78, 5) is 0. The molecule has 0 bridgehead atoms. The Labute approximate surface area is 157 Å². The lowest BCUT2D eigenvalue weighted by Gasteiger charge is -2.60. The highest BCUT2D eigenvalue weighted by atomic mass is 16.2. The summed E-state index contributed by atoms with van der Waals surface area (Å²) in [6, 6.07) is 0. The smallest absolute Gasteiger partial charge is 0.0319 e. The maximum absolute atomic E-state index is 7.00. The molecule has 4 aliphatic carbocycles. The number of aliphatic hydroxyl groups is 1. The molecule has 4 saturated carbocycles. The van der Waals surface area contributed by atoms with Crippen molar-refractivity contribution in [2.24, 2.45) is 46.3 Å². The van der Waals surface area contributed by atoms with E-state index >= 15 is 0 Å². The molecule has 7 unspecified atom stereocenters. The van der Waals surface area contributed by atoms with Crippen molar-refractivity contribution in [3.8, 4) is 0 Å². The summed E-state index contributed by atoms with van der Waals surface area (Å²) < 4.78 is 0. The van der Waals surface area contributed by atoms with E-state index in [2.05, 4.69) is 27.7 Å². The second kappa shape index (κ2) is 7.53. The third-order valence-corrected chi connectivity index (χ3v) is 9.54. The van der Waals surface area contributed by atoms with Gasteiger partial charge in [0.15, 0.2) is 0 Å². The normalized spacial score (nSPS) is 48.8. The average Bonchev–Trinajstić information content (AvgIpc) is 2.92. The van der Waals surface area contributed by atoms with E-state index in [0.717, 1.165) is 48.0 Å². The van der Waals surface area contributed by atoms with E-state index in [0.29, 0.717) is 5.41 Å². The molecule has 146 valence electrons. The van der Waals surface area contributed by atoms with E-state index < -0.39 is 0 Å². The first-order chi connectivity index (χ1) is 11.9. The van der Waals surface area contributed by atoms with Gasteiger partial charge < -0.3 is 5.11 Å². The molecule has 0 spiro atoms. The quantitative estimate of drug-likeness (QED) is 0.589. The van der Waals surface area contributed by atoms with Crippen LogP contribution in [0, 0.1) is 46.3 Å². The van der Waals surface area contributed by atoms with E-state index in [1.807, 2.05) is 0 Å². The maximum atomic E-state index is 7.00. The second-order valence-electron chi connectivity index (χ2n) is 10.9. The van der Waals surface area contributed by atoms with E-state index in [4.69, 9.17) is 5.11 Å². The zero-order valence-corrected chi connectivity index (χ0v) is 17.7. The fraction of sp³-hybridized carbons (Fsp3) is 1.00. The van der Waals surface area contributed by atoms with Gasteiger partial charge >= 0.3 is 0 Å². The Balaban J connectivity index is 0.000000880. The lowest BCUT2D eigenvalue weighted by atomic mass is 9.45. The lowest BCUT2D eigenvalue weighted by molar-refractivity contribution is -0.111. The molecule has 0 aromatic rings. The van der Waals surface area contributed by atoms with Crippen LogP contribution in [0.15, 0.2) is 0 Å². The van der Waals surface area contributed by atoms with Gasteiger partial charge in [-0.25, -0.2) is 0 Å². The van der Waals surface area contributed by atoms with Gasteiger partial charge in [0.25, 0.3) is 0 Å². The predicted octanol–water partition coefficient (Wildman–Crippen LogP) is 6.69. The van der Waals surface area contributed by atoms with Gasteiger partial charge in [-0.05, 0) is 104 Å². The molecule has 4 fully saturated rings. The van der Waals surface area contributed by atoms with E-state index in [9.17, 15) is 0 Å². The molecule has 0 saturated heterocycles. The Morgan fingerprint density at radius 2 is 1.52 bits per heavy atom. The van der Waals surface area contributed by atoms with Crippen LogP contribution in [0.25, 0.3) is 0 Å². The first-order valence-electron chi connectivity index (χ1n) is 11.4.